The minimum absolute atomic E-state index is 0.00161. The van der Waals surface area contributed by atoms with Gasteiger partial charge in [-0.3, -0.25) is 19.5 Å². The van der Waals surface area contributed by atoms with Gasteiger partial charge in [-0.15, -0.1) is 0 Å². The molecule has 0 atom stereocenters. The van der Waals surface area contributed by atoms with Crippen molar-refractivity contribution < 1.29 is 13.7 Å². The molecule has 2 aromatic heterocycles. The van der Waals surface area contributed by atoms with E-state index in [0.29, 0.717) is 11.1 Å². The van der Waals surface area contributed by atoms with Crippen LogP contribution in [-0.2, 0) is 6.54 Å². The molecule has 124 valence electrons. The number of benzene rings is 2. The molecule has 0 radical (unpaired) electrons. The molecular weight excluding hydrogens is 331 g/mol. The van der Waals surface area contributed by atoms with Gasteiger partial charge in [-0.25, -0.2) is 14.4 Å². The third kappa shape index (κ3) is 2.61. The van der Waals surface area contributed by atoms with Crippen LogP contribution in [0.25, 0.3) is 22.0 Å². The molecule has 2 heterocycles. The Kier molecular flexibility index (Phi) is 3.27. The Bertz CT molecular complexity index is 1200. The first-order valence-corrected chi connectivity index (χ1v) is 7.20. The van der Waals surface area contributed by atoms with Crippen molar-refractivity contribution in [3.8, 4) is 0 Å². The van der Waals surface area contributed by atoms with Crippen LogP contribution in [0.3, 0.4) is 0 Å². The second-order valence-electron chi connectivity index (χ2n) is 5.36. The second-order valence-corrected chi connectivity index (χ2v) is 5.36. The lowest BCUT2D eigenvalue weighted by Gasteiger charge is -2.03. The minimum atomic E-state index is -0.523. The first-order chi connectivity index (χ1) is 12.0. The number of nitro groups is 1. The number of halogens is 1. The monoisotopic (exact) mass is 340 g/mol. The van der Waals surface area contributed by atoms with E-state index >= 15 is 0 Å². The largest absolute Gasteiger partial charge is 0.439 e. The molecule has 0 aliphatic carbocycles. The van der Waals surface area contributed by atoms with Gasteiger partial charge in [0.1, 0.15) is 17.9 Å². The summed E-state index contributed by atoms with van der Waals surface area (Å²) in [4.78, 5) is 30.9. The number of hydrogen-bond acceptors (Lipinski definition) is 6. The molecule has 2 aromatic carbocycles. The molecule has 25 heavy (non-hydrogen) atoms. The van der Waals surface area contributed by atoms with Crippen LogP contribution in [0.15, 0.2) is 51.9 Å². The lowest BCUT2D eigenvalue weighted by Crippen LogP contribution is -2.21. The molecule has 0 spiro atoms. The van der Waals surface area contributed by atoms with Gasteiger partial charge in [-0.1, -0.05) is 0 Å². The summed E-state index contributed by atoms with van der Waals surface area (Å²) in [5.41, 5.74) is 0.504. The maximum Gasteiger partial charge on any atom is 0.271 e. The lowest BCUT2D eigenvalue weighted by atomic mass is 10.2. The number of fused-ring (bicyclic) bond motifs is 2. The van der Waals surface area contributed by atoms with Crippen LogP contribution in [0, 0.1) is 15.9 Å². The summed E-state index contributed by atoms with van der Waals surface area (Å²) < 4.78 is 20.0. The van der Waals surface area contributed by atoms with Gasteiger partial charge in [0, 0.05) is 18.2 Å². The van der Waals surface area contributed by atoms with Gasteiger partial charge in [0.15, 0.2) is 5.58 Å². The average Bonchev–Trinajstić information content (AvgIpc) is 2.98. The zero-order valence-corrected chi connectivity index (χ0v) is 12.5. The van der Waals surface area contributed by atoms with Crippen LogP contribution in [-0.4, -0.2) is 19.5 Å². The number of aromatic nitrogens is 3. The van der Waals surface area contributed by atoms with Crippen molar-refractivity contribution in [3.05, 3.63) is 74.9 Å². The molecule has 8 nitrogen and oxygen atoms in total. The Labute approximate surface area is 138 Å². The lowest BCUT2D eigenvalue weighted by molar-refractivity contribution is -0.384. The molecule has 0 aliphatic rings. The zero-order valence-electron chi connectivity index (χ0n) is 12.5. The highest BCUT2D eigenvalue weighted by Crippen LogP contribution is 2.21. The van der Waals surface area contributed by atoms with Gasteiger partial charge < -0.3 is 4.42 Å². The smallest absolute Gasteiger partial charge is 0.271 e. The minimum Gasteiger partial charge on any atom is -0.439 e. The highest BCUT2D eigenvalue weighted by atomic mass is 19.1. The molecule has 4 aromatic rings. The van der Waals surface area contributed by atoms with Gasteiger partial charge >= 0.3 is 0 Å². The summed E-state index contributed by atoms with van der Waals surface area (Å²) >= 11 is 0. The highest BCUT2D eigenvalue weighted by Gasteiger charge is 2.13. The maximum absolute atomic E-state index is 13.2. The number of nitrogens with zero attached hydrogens (tertiary/aromatic N) is 4. The summed E-state index contributed by atoms with van der Waals surface area (Å²) in [5, 5.41) is 11.1. The summed E-state index contributed by atoms with van der Waals surface area (Å²) in [6, 6.07) is 7.80. The predicted molar refractivity (Wildman–Crippen MR) is 85.7 cm³/mol. The molecular formula is C16H9FN4O4. The van der Waals surface area contributed by atoms with Crippen LogP contribution >= 0.6 is 0 Å². The maximum atomic E-state index is 13.2. The Morgan fingerprint density at radius 1 is 1.20 bits per heavy atom. The normalized spacial score (nSPS) is 11.2. The molecule has 4 rings (SSSR count). The van der Waals surface area contributed by atoms with Crippen LogP contribution in [0.4, 0.5) is 10.1 Å². The SMILES string of the molecule is O=c1c2ccc(F)cc2ncn1Cc1nc2cc([N+](=O)[O-])ccc2o1. The quantitative estimate of drug-likeness (QED) is 0.419. The van der Waals surface area contributed by atoms with E-state index in [0.717, 1.165) is 0 Å². The van der Waals surface area contributed by atoms with Crippen molar-refractivity contribution in [1.82, 2.24) is 14.5 Å². The molecule has 0 unspecified atom stereocenters. The van der Waals surface area contributed by atoms with E-state index in [1.807, 2.05) is 0 Å². The number of rotatable bonds is 3. The molecule has 0 aliphatic heterocycles. The van der Waals surface area contributed by atoms with Gasteiger partial charge in [-0.2, -0.15) is 0 Å². The van der Waals surface area contributed by atoms with Gasteiger partial charge in [0.2, 0.25) is 5.89 Å². The third-order valence-electron chi connectivity index (χ3n) is 3.72. The standard InChI is InChI=1S/C16H9FN4O4/c17-9-1-3-11-12(5-9)18-8-20(16(11)22)7-15-19-13-6-10(21(23)24)2-4-14(13)25-15/h1-6,8H,7H2. The Balaban J connectivity index is 1.74. The molecule has 0 bridgehead atoms. The molecule has 0 N–H and O–H groups in total. The van der Waals surface area contributed by atoms with E-state index in [4.69, 9.17) is 4.42 Å². The van der Waals surface area contributed by atoms with Crippen LogP contribution in [0.5, 0.6) is 0 Å². The number of non-ortho nitro benzene ring substituents is 1. The summed E-state index contributed by atoms with van der Waals surface area (Å²) in [7, 11) is 0. The second kappa shape index (κ2) is 5.48. The molecule has 0 saturated carbocycles. The van der Waals surface area contributed by atoms with Gasteiger partial charge in [0.25, 0.3) is 11.2 Å². The van der Waals surface area contributed by atoms with Crippen LogP contribution < -0.4 is 5.56 Å². The van der Waals surface area contributed by atoms with Gasteiger partial charge in [-0.05, 0) is 18.2 Å². The summed E-state index contributed by atoms with van der Waals surface area (Å²) in [5.74, 6) is -0.265. The van der Waals surface area contributed by atoms with Crippen molar-refractivity contribution in [1.29, 1.82) is 0 Å². The number of hydrogen-bond donors (Lipinski definition) is 0. The first kappa shape index (κ1) is 14.9. The number of oxazole rings is 1. The Morgan fingerprint density at radius 3 is 2.84 bits per heavy atom. The van der Waals surface area contributed by atoms with E-state index in [9.17, 15) is 19.3 Å². The van der Waals surface area contributed by atoms with Crippen LogP contribution in [0.1, 0.15) is 5.89 Å². The fourth-order valence-electron chi connectivity index (χ4n) is 2.53. The topological polar surface area (TPSA) is 104 Å². The van der Waals surface area contributed by atoms with E-state index in [2.05, 4.69) is 9.97 Å². The first-order valence-electron chi connectivity index (χ1n) is 7.20. The summed E-state index contributed by atoms with van der Waals surface area (Å²) in [6.07, 6.45) is 1.28. The van der Waals surface area contributed by atoms with Crippen molar-refractivity contribution in [2.24, 2.45) is 0 Å². The summed E-state index contributed by atoms with van der Waals surface area (Å²) in [6.45, 7) is 0.00161. The van der Waals surface area contributed by atoms with Crippen molar-refractivity contribution in [3.63, 3.8) is 0 Å². The van der Waals surface area contributed by atoms with Crippen molar-refractivity contribution >= 4 is 27.7 Å². The predicted octanol–water partition coefficient (Wildman–Crippen LogP) is 2.63. The molecule has 9 heteroatoms. The van der Waals surface area contributed by atoms with Crippen molar-refractivity contribution in [2.45, 2.75) is 6.54 Å². The fraction of sp³-hybridized carbons (Fsp3) is 0.0625. The molecule has 0 fully saturated rings. The number of nitro benzene ring substituents is 1. The van der Waals surface area contributed by atoms with E-state index in [-0.39, 0.29) is 34.6 Å². The Morgan fingerprint density at radius 2 is 2.04 bits per heavy atom. The van der Waals surface area contributed by atoms with Crippen molar-refractivity contribution in [2.75, 3.05) is 0 Å². The fourth-order valence-corrected chi connectivity index (χ4v) is 2.53. The third-order valence-corrected chi connectivity index (χ3v) is 3.72. The molecule has 0 saturated heterocycles. The molecule has 0 amide bonds. The highest BCUT2D eigenvalue weighted by molar-refractivity contribution is 5.77. The van der Waals surface area contributed by atoms with E-state index < -0.39 is 10.7 Å². The Hall–Kier alpha value is -3.62. The average molecular weight is 340 g/mol. The van der Waals surface area contributed by atoms with E-state index in [1.165, 1.54) is 47.3 Å². The van der Waals surface area contributed by atoms with Crippen LogP contribution in [0.2, 0.25) is 0 Å². The van der Waals surface area contributed by atoms with E-state index in [1.54, 1.807) is 0 Å². The zero-order chi connectivity index (χ0) is 17.6. The van der Waals surface area contributed by atoms with Gasteiger partial charge in [0.05, 0.1) is 22.2 Å².